The number of hydrogen-bond acceptors (Lipinski definition) is 2. The highest BCUT2D eigenvalue weighted by molar-refractivity contribution is 6.00. The first-order valence-electron chi connectivity index (χ1n) is 8.23. The highest BCUT2D eigenvalue weighted by atomic mass is 19.2. The summed E-state index contributed by atoms with van der Waals surface area (Å²) in [6.07, 6.45) is 0.521. The molecule has 0 heterocycles. The van der Waals surface area contributed by atoms with Crippen molar-refractivity contribution in [3.05, 3.63) is 64.7 Å². The SMILES string of the molecule is CCCN(CC(=O)Nc1ccc(F)c(F)c1F)C(=O)c1cc(F)ccc1C. The fourth-order valence-electron chi connectivity index (χ4n) is 2.50. The number of amides is 2. The van der Waals surface area contributed by atoms with Crippen molar-refractivity contribution in [2.75, 3.05) is 18.4 Å². The molecule has 0 saturated carbocycles. The Bertz CT molecular complexity index is 871. The number of halogens is 4. The molecule has 0 fully saturated rings. The van der Waals surface area contributed by atoms with E-state index in [2.05, 4.69) is 5.32 Å². The molecule has 4 nitrogen and oxygen atoms in total. The minimum Gasteiger partial charge on any atom is -0.329 e. The van der Waals surface area contributed by atoms with E-state index in [9.17, 15) is 27.2 Å². The predicted molar refractivity (Wildman–Crippen MR) is 92.3 cm³/mol. The zero-order chi connectivity index (χ0) is 20.1. The van der Waals surface area contributed by atoms with Crippen LogP contribution in [0.5, 0.6) is 0 Å². The first-order valence-corrected chi connectivity index (χ1v) is 8.23. The maximum absolute atomic E-state index is 13.7. The third kappa shape index (κ3) is 4.84. The number of nitrogens with one attached hydrogen (secondary N) is 1. The maximum Gasteiger partial charge on any atom is 0.254 e. The van der Waals surface area contributed by atoms with Crippen LogP contribution in [0.25, 0.3) is 0 Å². The molecular weight excluding hydrogens is 364 g/mol. The van der Waals surface area contributed by atoms with Gasteiger partial charge in [0.1, 0.15) is 12.4 Å². The molecular formula is C19H18F4N2O2. The topological polar surface area (TPSA) is 49.4 Å². The van der Waals surface area contributed by atoms with E-state index in [1.54, 1.807) is 13.8 Å². The summed E-state index contributed by atoms with van der Waals surface area (Å²) < 4.78 is 53.4. The Labute approximate surface area is 153 Å². The second-order valence-corrected chi connectivity index (χ2v) is 5.96. The van der Waals surface area contributed by atoms with Crippen molar-refractivity contribution >= 4 is 17.5 Å². The van der Waals surface area contributed by atoms with Crippen molar-refractivity contribution in [2.24, 2.45) is 0 Å². The fourth-order valence-corrected chi connectivity index (χ4v) is 2.50. The lowest BCUT2D eigenvalue weighted by Crippen LogP contribution is -2.39. The van der Waals surface area contributed by atoms with Gasteiger partial charge in [-0.2, -0.15) is 0 Å². The van der Waals surface area contributed by atoms with Gasteiger partial charge in [-0.05, 0) is 43.2 Å². The fraction of sp³-hybridized carbons (Fsp3) is 0.263. The molecule has 0 atom stereocenters. The van der Waals surface area contributed by atoms with Gasteiger partial charge >= 0.3 is 0 Å². The van der Waals surface area contributed by atoms with Crippen molar-refractivity contribution in [3.63, 3.8) is 0 Å². The zero-order valence-electron chi connectivity index (χ0n) is 14.8. The highest BCUT2D eigenvalue weighted by Gasteiger charge is 2.22. The van der Waals surface area contributed by atoms with E-state index in [0.717, 1.165) is 12.1 Å². The average molecular weight is 382 g/mol. The molecule has 2 rings (SSSR count). The molecule has 0 aliphatic rings. The maximum atomic E-state index is 13.7. The Kier molecular flexibility index (Phi) is 6.55. The van der Waals surface area contributed by atoms with Gasteiger partial charge in [-0.3, -0.25) is 9.59 Å². The molecule has 0 aromatic heterocycles. The molecule has 0 aliphatic heterocycles. The molecule has 1 N–H and O–H groups in total. The van der Waals surface area contributed by atoms with Gasteiger partial charge in [-0.25, -0.2) is 17.6 Å². The molecule has 27 heavy (non-hydrogen) atoms. The lowest BCUT2D eigenvalue weighted by molar-refractivity contribution is -0.116. The van der Waals surface area contributed by atoms with Gasteiger partial charge in [-0.1, -0.05) is 13.0 Å². The van der Waals surface area contributed by atoms with Crippen LogP contribution in [0.2, 0.25) is 0 Å². The average Bonchev–Trinajstić information content (AvgIpc) is 2.63. The van der Waals surface area contributed by atoms with E-state index in [1.807, 2.05) is 0 Å². The standard InChI is InChI=1S/C19H18F4N2O2/c1-3-8-25(19(27)13-9-12(20)5-4-11(13)2)10-16(26)24-15-7-6-14(21)17(22)18(15)23/h4-7,9H,3,8,10H2,1-2H3,(H,24,26). The van der Waals surface area contributed by atoms with Gasteiger partial charge in [0, 0.05) is 12.1 Å². The van der Waals surface area contributed by atoms with Crippen LogP contribution in [0.3, 0.4) is 0 Å². The van der Waals surface area contributed by atoms with Crippen LogP contribution in [0.15, 0.2) is 30.3 Å². The number of hydrogen-bond donors (Lipinski definition) is 1. The summed E-state index contributed by atoms with van der Waals surface area (Å²) in [5.41, 5.74) is 0.106. The number of nitrogens with zero attached hydrogens (tertiary/aromatic N) is 1. The van der Waals surface area contributed by atoms with Gasteiger partial charge in [0.15, 0.2) is 17.5 Å². The molecule has 8 heteroatoms. The highest BCUT2D eigenvalue weighted by Crippen LogP contribution is 2.20. The first-order chi connectivity index (χ1) is 12.7. The smallest absolute Gasteiger partial charge is 0.254 e. The third-order valence-corrected chi connectivity index (χ3v) is 3.85. The molecule has 144 valence electrons. The summed E-state index contributed by atoms with van der Waals surface area (Å²) in [4.78, 5) is 26.0. The molecule has 0 radical (unpaired) electrons. The Morgan fingerprint density at radius 3 is 2.41 bits per heavy atom. The normalized spacial score (nSPS) is 10.6. The number of carbonyl (C=O) groups is 2. The van der Waals surface area contributed by atoms with E-state index in [-0.39, 0.29) is 12.1 Å². The number of benzene rings is 2. The van der Waals surface area contributed by atoms with Crippen LogP contribution in [-0.4, -0.2) is 29.8 Å². The van der Waals surface area contributed by atoms with Crippen molar-refractivity contribution < 1.29 is 27.2 Å². The lowest BCUT2D eigenvalue weighted by Gasteiger charge is -2.22. The van der Waals surface area contributed by atoms with Crippen LogP contribution in [-0.2, 0) is 4.79 Å². The summed E-state index contributed by atoms with van der Waals surface area (Å²) in [6, 6.07) is 5.30. The van der Waals surface area contributed by atoms with E-state index < -0.39 is 47.3 Å². The summed E-state index contributed by atoms with van der Waals surface area (Å²) in [6.45, 7) is 3.16. The Morgan fingerprint density at radius 1 is 1.04 bits per heavy atom. The summed E-state index contributed by atoms with van der Waals surface area (Å²) in [5.74, 6) is -6.56. The van der Waals surface area contributed by atoms with E-state index in [1.165, 1.54) is 17.0 Å². The molecule has 2 amide bonds. The van der Waals surface area contributed by atoms with Crippen molar-refractivity contribution in [1.82, 2.24) is 4.90 Å². The van der Waals surface area contributed by atoms with E-state index in [4.69, 9.17) is 0 Å². The summed E-state index contributed by atoms with van der Waals surface area (Å²) >= 11 is 0. The van der Waals surface area contributed by atoms with Gasteiger partial charge < -0.3 is 10.2 Å². The van der Waals surface area contributed by atoms with Gasteiger partial charge in [0.25, 0.3) is 5.91 Å². The molecule has 0 saturated heterocycles. The minimum atomic E-state index is -1.70. The van der Waals surface area contributed by atoms with Crippen molar-refractivity contribution in [3.8, 4) is 0 Å². The summed E-state index contributed by atoms with van der Waals surface area (Å²) in [5, 5.41) is 2.11. The van der Waals surface area contributed by atoms with E-state index in [0.29, 0.717) is 18.1 Å². The van der Waals surface area contributed by atoms with Gasteiger partial charge in [0.05, 0.1) is 5.69 Å². The van der Waals surface area contributed by atoms with Gasteiger partial charge in [-0.15, -0.1) is 0 Å². The predicted octanol–water partition coefficient (Wildman–Crippen LogP) is 4.04. The number of rotatable bonds is 6. The minimum absolute atomic E-state index is 0.107. The van der Waals surface area contributed by atoms with Crippen LogP contribution >= 0.6 is 0 Å². The van der Waals surface area contributed by atoms with Crippen molar-refractivity contribution in [1.29, 1.82) is 0 Å². The molecule has 0 unspecified atom stereocenters. The number of aryl methyl sites for hydroxylation is 1. The zero-order valence-corrected chi connectivity index (χ0v) is 14.8. The quantitative estimate of drug-likeness (QED) is 0.606. The van der Waals surface area contributed by atoms with Gasteiger partial charge in [0.2, 0.25) is 5.91 Å². The summed E-state index contributed by atoms with van der Waals surface area (Å²) in [7, 11) is 0. The lowest BCUT2D eigenvalue weighted by atomic mass is 10.1. The molecule has 0 aliphatic carbocycles. The largest absolute Gasteiger partial charge is 0.329 e. The third-order valence-electron chi connectivity index (χ3n) is 3.85. The molecule has 0 bridgehead atoms. The Morgan fingerprint density at radius 2 is 1.74 bits per heavy atom. The molecule has 0 spiro atoms. The Balaban J connectivity index is 2.18. The second kappa shape index (κ2) is 8.66. The number of carbonyl (C=O) groups excluding carboxylic acids is 2. The van der Waals surface area contributed by atoms with Crippen LogP contribution in [0, 0.1) is 30.2 Å². The first kappa shape index (κ1) is 20.4. The Hall–Kier alpha value is -2.90. The van der Waals surface area contributed by atoms with Crippen molar-refractivity contribution in [2.45, 2.75) is 20.3 Å². The number of anilines is 1. The van der Waals surface area contributed by atoms with E-state index >= 15 is 0 Å². The molecule has 2 aromatic rings. The van der Waals surface area contributed by atoms with Crippen LogP contribution < -0.4 is 5.32 Å². The van der Waals surface area contributed by atoms with Crippen LogP contribution in [0.4, 0.5) is 23.2 Å². The second-order valence-electron chi connectivity index (χ2n) is 5.96. The molecule has 2 aromatic carbocycles. The monoisotopic (exact) mass is 382 g/mol. The van der Waals surface area contributed by atoms with Crippen LogP contribution in [0.1, 0.15) is 29.3 Å².